The lowest BCUT2D eigenvalue weighted by Gasteiger charge is -2.06. The number of aromatic nitrogens is 1. The van der Waals surface area contributed by atoms with E-state index in [9.17, 15) is 5.11 Å². The third-order valence-electron chi connectivity index (χ3n) is 3.41. The Morgan fingerprint density at radius 3 is 2.82 bits per heavy atom. The zero-order valence-electron chi connectivity index (χ0n) is 12.2. The number of hydrogen-bond donors (Lipinski definition) is 1. The summed E-state index contributed by atoms with van der Waals surface area (Å²) >= 11 is 0. The normalized spacial score (nSPS) is 11.1. The quantitative estimate of drug-likeness (QED) is 0.748. The van der Waals surface area contributed by atoms with Gasteiger partial charge in [0.25, 0.3) is 0 Å². The molecule has 0 unspecified atom stereocenters. The topological polar surface area (TPSA) is 54.7 Å². The number of ether oxygens (including phenoxy) is 1. The Labute approximate surface area is 128 Å². The van der Waals surface area contributed by atoms with E-state index >= 15 is 0 Å². The molecular formula is C18H16N2O2. The van der Waals surface area contributed by atoms with Crippen molar-refractivity contribution < 1.29 is 9.84 Å². The van der Waals surface area contributed by atoms with Crippen LogP contribution in [0.3, 0.4) is 0 Å². The highest BCUT2D eigenvalue weighted by atomic mass is 16.5. The number of aromatic hydroxyl groups is 1. The van der Waals surface area contributed by atoms with Crippen LogP contribution in [0.4, 0.5) is 0 Å². The van der Waals surface area contributed by atoms with E-state index in [2.05, 4.69) is 9.98 Å². The smallest absolute Gasteiger partial charge is 0.162 e. The van der Waals surface area contributed by atoms with Crippen LogP contribution in [0.5, 0.6) is 11.5 Å². The van der Waals surface area contributed by atoms with Crippen LogP contribution in [0, 0.1) is 0 Å². The second kappa shape index (κ2) is 6.26. The number of nitrogens with zero attached hydrogens (tertiary/aromatic N) is 2. The van der Waals surface area contributed by atoms with Crippen LogP contribution >= 0.6 is 0 Å². The lowest BCUT2D eigenvalue weighted by Crippen LogP contribution is -1.91. The number of fused-ring (bicyclic) bond motifs is 1. The Morgan fingerprint density at radius 2 is 1.95 bits per heavy atom. The monoisotopic (exact) mass is 292 g/mol. The number of benzene rings is 2. The largest absolute Gasteiger partial charge is 0.504 e. The van der Waals surface area contributed by atoms with Gasteiger partial charge in [0.1, 0.15) is 0 Å². The van der Waals surface area contributed by atoms with E-state index in [1.54, 1.807) is 12.3 Å². The summed E-state index contributed by atoms with van der Waals surface area (Å²) in [4.78, 5) is 8.88. The summed E-state index contributed by atoms with van der Waals surface area (Å²) in [6, 6.07) is 17.3. The van der Waals surface area contributed by atoms with E-state index in [1.807, 2.05) is 48.5 Å². The van der Waals surface area contributed by atoms with Gasteiger partial charge in [-0.05, 0) is 18.2 Å². The van der Waals surface area contributed by atoms with Crippen molar-refractivity contribution in [3.63, 3.8) is 0 Å². The third-order valence-corrected chi connectivity index (χ3v) is 3.41. The van der Waals surface area contributed by atoms with Gasteiger partial charge in [0.2, 0.25) is 0 Å². The molecule has 1 N–H and O–H groups in total. The molecule has 0 fully saturated rings. The van der Waals surface area contributed by atoms with Gasteiger partial charge >= 0.3 is 0 Å². The Bertz CT molecular complexity index is 828. The van der Waals surface area contributed by atoms with Crippen molar-refractivity contribution in [2.24, 2.45) is 4.99 Å². The number of phenols is 1. The summed E-state index contributed by atoms with van der Waals surface area (Å²) in [5.74, 6) is 0.588. The van der Waals surface area contributed by atoms with Crippen molar-refractivity contribution in [3.8, 4) is 11.5 Å². The van der Waals surface area contributed by atoms with E-state index in [4.69, 9.17) is 4.74 Å². The van der Waals surface area contributed by atoms with Crippen LogP contribution in [0.2, 0.25) is 0 Å². The Kier molecular flexibility index (Phi) is 4.01. The van der Waals surface area contributed by atoms with Crippen molar-refractivity contribution >= 4 is 17.1 Å². The zero-order chi connectivity index (χ0) is 15.4. The molecule has 0 saturated carbocycles. The first-order chi connectivity index (χ1) is 10.8. The van der Waals surface area contributed by atoms with Crippen molar-refractivity contribution in [1.29, 1.82) is 0 Å². The molecule has 1 aromatic heterocycles. The molecule has 4 heteroatoms. The lowest BCUT2D eigenvalue weighted by molar-refractivity contribution is 0.371. The molecule has 3 aromatic rings. The van der Waals surface area contributed by atoms with E-state index in [1.165, 1.54) is 7.11 Å². The first-order valence-electron chi connectivity index (χ1n) is 6.98. The molecule has 0 amide bonds. The molecule has 0 aliphatic heterocycles. The molecule has 0 aliphatic carbocycles. The number of pyridine rings is 1. The van der Waals surface area contributed by atoms with E-state index < -0.39 is 0 Å². The number of aliphatic imine (C=N–C) groups is 1. The molecule has 0 spiro atoms. The summed E-state index contributed by atoms with van der Waals surface area (Å²) < 4.78 is 5.08. The van der Waals surface area contributed by atoms with E-state index in [0.717, 1.165) is 22.2 Å². The van der Waals surface area contributed by atoms with Crippen LogP contribution in [-0.4, -0.2) is 23.4 Å². The average molecular weight is 292 g/mol. The minimum atomic E-state index is 0.133. The summed E-state index contributed by atoms with van der Waals surface area (Å²) in [6.45, 7) is 0.373. The van der Waals surface area contributed by atoms with Gasteiger partial charge in [-0.2, -0.15) is 0 Å². The minimum absolute atomic E-state index is 0.133. The zero-order valence-corrected chi connectivity index (χ0v) is 12.2. The van der Waals surface area contributed by atoms with Crippen LogP contribution in [0.1, 0.15) is 11.3 Å². The van der Waals surface area contributed by atoms with Gasteiger partial charge in [0.05, 0.1) is 24.9 Å². The lowest BCUT2D eigenvalue weighted by atomic mass is 10.2. The van der Waals surface area contributed by atoms with Gasteiger partial charge in [0, 0.05) is 17.2 Å². The number of methoxy groups -OCH3 is 1. The highest BCUT2D eigenvalue weighted by molar-refractivity contribution is 5.85. The van der Waals surface area contributed by atoms with Crippen LogP contribution < -0.4 is 4.74 Å². The SMILES string of the molecule is COc1cccc(CN=Cc2ccc3ccccc3n2)c1O. The number of para-hydroxylation sites is 2. The molecule has 0 aliphatic rings. The van der Waals surface area contributed by atoms with E-state index in [0.29, 0.717) is 12.3 Å². The molecule has 0 radical (unpaired) electrons. The Morgan fingerprint density at radius 1 is 1.09 bits per heavy atom. The molecule has 3 rings (SSSR count). The van der Waals surface area contributed by atoms with Crippen molar-refractivity contribution in [2.45, 2.75) is 6.54 Å². The van der Waals surface area contributed by atoms with Crippen molar-refractivity contribution in [2.75, 3.05) is 7.11 Å². The molecule has 0 saturated heterocycles. The molecule has 0 bridgehead atoms. The number of phenolic OH excluding ortho intramolecular Hbond substituents is 1. The molecule has 2 aromatic carbocycles. The fraction of sp³-hybridized carbons (Fsp3) is 0.111. The number of rotatable bonds is 4. The maximum absolute atomic E-state index is 10.0. The van der Waals surface area contributed by atoms with Crippen LogP contribution in [0.25, 0.3) is 10.9 Å². The minimum Gasteiger partial charge on any atom is -0.504 e. The predicted molar refractivity (Wildman–Crippen MR) is 87.7 cm³/mol. The summed E-state index contributed by atoms with van der Waals surface area (Å²) in [5.41, 5.74) is 2.45. The van der Waals surface area contributed by atoms with Gasteiger partial charge in [-0.1, -0.05) is 36.4 Å². The highest BCUT2D eigenvalue weighted by Gasteiger charge is 2.05. The summed E-state index contributed by atoms with van der Waals surface area (Å²) in [5, 5.41) is 11.1. The summed E-state index contributed by atoms with van der Waals surface area (Å²) in [7, 11) is 1.53. The van der Waals surface area contributed by atoms with Crippen molar-refractivity contribution in [1.82, 2.24) is 4.98 Å². The van der Waals surface area contributed by atoms with Crippen LogP contribution in [0.15, 0.2) is 59.6 Å². The number of hydrogen-bond acceptors (Lipinski definition) is 4. The highest BCUT2D eigenvalue weighted by Crippen LogP contribution is 2.29. The fourth-order valence-corrected chi connectivity index (χ4v) is 2.25. The van der Waals surface area contributed by atoms with Gasteiger partial charge in [0.15, 0.2) is 11.5 Å². The summed E-state index contributed by atoms with van der Waals surface area (Å²) in [6.07, 6.45) is 1.71. The third kappa shape index (κ3) is 2.91. The van der Waals surface area contributed by atoms with Crippen LogP contribution in [-0.2, 0) is 6.54 Å². The first-order valence-corrected chi connectivity index (χ1v) is 6.98. The molecule has 110 valence electrons. The Hall–Kier alpha value is -2.88. The molecular weight excluding hydrogens is 276 g/mol. The average Bonchev–Trinajstić information content (AvgIpc) is 2.56. The van der Waals surface area contributed by atoms with Gasteiger partial charge < -0.3 is 9.84 Å². The van der Waals surface area contributed by atoms with Gasteiger partial charge in [-0.15, -0.1) is 0 Å². The molecule has 4 nitrogen and oxygen atoms in total. The van der Waals surface area contributed by atoms with E-state index in [-0.39, 0.29) is 5.75 Å². The maximum Gasteiger partial charge on any atom is 0.162 e. The predicted octanol–water partition coefficient (Wildman–Crippen LogP) is 3.57. The molecule has 0 atom stereocenters. The first kappa shape index (κ1) is 14.1. The molecule has 1 heterocycles. The van der Waals surface area contributed by atoms with Gasteiger partial charge in [-0.25, -0.2) is 4.98 Å². The Balaban J connectivity index is 1.79. The maximum atomic E-state index is 10.0. The standard InChI is InChI=1S/C18H16N2O2/c1-22-17-8-4-6-14(18(17)21)11-19-12-15-10-9-13-5-2-3-7-16(13)20-15/h2-10,12,21H,11H2,1H3. The second-order valence-corrected chi connectivity index (χ2v) is 4.87. The second-order valence-electron chi connectivity index (χ2n) is 4.87. The van der Waals surface area contributed by atoms with Gasteiger partial charge in [-0.3, -0.25) is 4.99 Å². The fourth-order valence-electron chi connectivity index (χ4n) is 2.25. The van der Waals surface area contributed by atoms with Crippen molar-refractivity contribution in [3.05, 3.63) is 65.9 Å². The molecule has 22 heavy (non-hydrogen) atoms.